The van der Waals surface area contributed by atoms with Gasteiger partial charge in [0.2, 0.25) is 0 Å². The summed E-state index contributed by atoms with van der Waals surface area (Å²) in [4.78, 5) is 24.1. The first-order valence-corrected chi connectivity index (χ1v) is 10.2. The van der Waals surface area contributed by atoms with Crippen LogP contribution in [0.2, 0.25) is 0 Å². The van der Waals surface area contributed by atoms with E-state index in [-0.39, 0.29) is 23.4 Å². The Labute approximate surface area is 176 Å². The normalized spacial score (nSPS) is 21.4. The van der Waals surface area contributed by atoms with Crippen LogP contribution in [0, 0.1) is 5.41 Å². The van der Waals surface area contributed by atoms with Gasteiger partial charge in [-0.1, -0.05) is 50.3 Å². The van der Waals surface area contributed by atoms with E-state index < -0.39 is 5.97 Å². The van der Waals surface area contributed by atoms with Gasteiger partial charge < -0.3 is 15.7 Å². The van der Waals surface area contributed by atoms with Crippen LogP contribution in [0.1, 0.15) is 58.2 Å². The van der Waals surface area contributed by atoms with Gasteiger partial charge in [0.15, 0.2) is 0 Å². The molecule has 1 heterocycles. The monoisotopic (exact) mass is 402 g/mol. The van der Waals surface area contributed by atoms with Crippen molar-refractivity contribution in [2.24, 2.45) is 5.41 Å². The highest BCUT2D eigenvalue weighted by atomic mass is 16.4. The maximum atomic E-state index is 12.8. The van der Waals surface area contributed by atoms with E-state index in [1.54, 1.807) is 12.1 Å². The van der Waals surface area contributed by atoms with Crippen LogP contribution < -0.4 is 10.6 Å². The van der Waals surface area contributed by atoms with Crippen molar-refractivity contribution in [3.05, 3.63) is 89.0 Å². The summed E-state index contributed by atoms with van der Waals surface area (Å²) in [5.74, 6) is -0.998. The highest BCUT2D eigenvalue weighted by Crippen LogP contribution is 2.45. The number of amides is 1. The number of anilines is 1. The summed E-state index contributed by atoms with van der Waals surface area (Å²) in [6, 6.07) is 13.0. The molecule has 2 aromatic rings. The van der Waals surface area contributed by atoms with Crippen molar-refractivity contribution in [3.8, 4) is 0 Å². The average molecular weight is 402 g/mol. The van der Waals surface area contributed by atoms with E-state index in [1.807, 2.05) is 54.6 Å². The number of hydrogen-bond donors (Lipinski definition) is 3. The number of fused-ring (bicyclic) bond motifs is 1. The number of carboxylic acids is 1. The summed E-state index contributed by atoms with van der Waals surface area (Å²) in [6.07, 6.45) is 9.52. The van der Waals surface area contributed by atoms with Crippen molar-refractivity contribution in [1.82, 2.24) is 5.32 Å². The van der Waals surface area contributed by atoms with Crippen LogP contribution in [0.25, 0.3) is 0 Å². The van der Waals surface area contributed by atoms with Gasteiger partial charge in [-0.3, -0.25) is 4.79 Å². The van der Waals surface area contributed by atoms with Crippen molar-refractivity contribution in [3.63, 3.8) is 0 Å². The van der Waals surface area contributed by atoms with Gasteiger partial charge in [-0.2, -0.15) is 0 Å². The smallest absolute Gasteiger partial charge is 0.335 e. The lowest BCUT2D eigenvalue weighted by Crippen LogP contribution is -2.36. The van der Waals surface area contributed by atoms with Gasteiger partial charge in [-0.15, -0.1) is 0 Å². The van der Waals surface area contributed by atoms with Gasteiger partial charge in [-0.05, 0) is 59.7 Å². The number of nitrogens with one attached hydrogen (secondary N) is 2. The predicted molar refractivity (Wildman–Crippen MR) is 118 cm³/mol. The van der Waals surface area contributed by atoms with Gasteiger partial charge >= 0.3 is 5.97 Å². The van der Waals surface area contributed by atoms with Crippen LogP contribution in [0.15, 0.2) is 66.8 Å². The molecule has 0 saturated carbocycles. The molecular weight excluding hydrogens is 376 g/mol. The number of allylic oxidation sites excluding steroid dienone is 2. The molecule has 0 aromatic heterocycles. The number of rotatable bonds is 4. The predicted octanol–water partition coefficient (Wildman–Crippen LogP) is 4.73. The summed E-state index contributed by atoms with van der Waals surface area (Å²) < 4.78 is 0. The van der Waals surface area contributed by atoms with E-state index in [1.165, 1.54) is 0 Å². The first kappa shape index (κ1) is 20.0. The van der Waals surface area contributed by atoms with Crippen molar-refractivity contribution >= 4 is 17.6 Å². The molecule has 2 aliphatic rings. The minimum absolute atomic E-state index is 0.00550. The number of benzene rings is 2. The first-order valence-electron chi connectivity index (χ1n) is 10.2. The van der Waals surface area contributed by atoms with Gasteiger partial charge in [0, 0.05) is 11.3 Å². The number of carbonyl (C=O) groups is 2. The maximum absolute atomic E-state index is 12.8. The number of carbonyl (C=O) groups excluding carboxylic acids is 1. The van der Waals surface area contributed by atoms with Crippen molar-refractivity contribution in [2.45, 2.75) is 38.8 Å². The fourth-order valence-corrected chi connectivity index (χ4v) is 4.29. The van der Waals surface area contributed by atoms with Crippen LogP contribution in [0.3, 0.4) is 0 Å². The molecule has 4 rings (SSSR count). The lowest BCUT2D eigenvalue weighted by atomic mass is 9.72. The molecule has 0 radical (unpaired) electrons. The van der Waals surface area contributed by atoms with Crippen LogP contribution in [0.5, 0.6) is 0 Å². The number of hydrogen-bond acceptors (Lipinski definition) is 3. The van der Waals surface area contributed by atoms with Crippen molar-refractivity contribution in [1.29, 1.82) is 0 Å². The highest BCUT2D eigenvalue weighted by Gasteiger charge is 2.36. The number of carboxylic acid groups (broad SMARTS) is 1. The summed E-state index contributed by atoms with van der Waals surface area (Å²) in [5, 5.41) is 15.9. The molecule has 5 heteroatoms. The minimum Gasteiger partial charge on any atom is -0.478 e. The Bertz CT molecular complexity index is 1050. The highest BCUT2D eigenvalue weighted by molar-refractivity contribution is 5.94. The maximum Gasteiger partial charge on any atom is 0.335 e. The molecule has 2 atom stereocenters. The zero-order valence-corrected chi connectivity index (χ0v) is 17.2. The fourth-order valence-electron chi connectivity index (χ4n) is 4.29. The molecule has 0 bridgehead atoms. The van der Waals surface area contributed by atoms with Gasteiger partial charge in [0.05, 0.1) is 17.6 Å². The summed E-state index contributed by atoms with van der Waals surface area (Å²) in [6.45, 7) is 4.32. The van der Waals surface area contributed by atoms with Crippen LogP contribution in [-0.2, 0) is 6.42 Å². The SMILES string of the molecule is CC1(C)Cc2cc(C(=O)O)ccc2NC1c1cccc(C(=O)NC2C=CC=CC2)c1. The molecule has 1 aliphatic heterocycles. The Morgan fingerprint density at radius 3 is 2.67 bits per heavy atom. The molecule has 2 unspecified atom stereocenters. The summed E-state index contributed by atoms with van der Waals surface area (Å²) in [7, 11) is 0. The second-order valence-electron chi connectivity index (χ2n) is 8.67. The van der Waals surface area contributed by atoms with Crippen molar-refractivity contribution in [2.75, 3.05) is 5.32 Å². The zero-order chi connectivity index (χ0) is 21.3. The minimum atomic E-state index is -0.917. The summed E-state index contributed by atoms with van der Waals surface area (Å²) in [5.41, 5.74) is 3.77. The third-order valence-electron chi connectivity index (χ3n) is 5.86. The van der Waals surface area contributed by atoms with E-state index in [0.717, 1.165) is 29.7 Å². The van der Waals surface area contributed by atoms with Crippen LogP contribution >= 0.6 is 0 Å². The van der Waals surface area contributed by atoms with E-state index in [4.69, 9.17) is 0 Å². The average Bonchev–Trinajstić information content (AvgIpc) is 2.73. The second-order valence-corrected chi connectivity index (χ2v) is 8.67. The lowest BCUT2D eigenvalue weighted by Gasteiger charge is -2.41. The lowest BCUT2D eigenvalue weighted by molar-refractivity contribution is 0.0696. The van der Waals surface area contributed by atoms with E-state index in [9.17, 15) is 14.7 Å². The van der Waals surface area contributed by atoms with E-state index in [2.05, 4.69) is 24.5 Å². The second kappa shape index (κ2) is 7.82. The quantitative estimate of drug-likeness (QED) is 0.691. The topological polar surface area (TPSA) is 78.4 Å². The van der Waals surface area contributed by atoms with E-state index >= 15 is 0 Å². The molecule has 3 N–H and O–H groups in total. The third-order valence-corrected chi connectivity index (χ3v) is 5.86. The molecular formula is C25H26N2O3. The Morgan fingerprint density at radius 1 is 1.10 bits per heavy atom. The van der Waals surface area contributed by atoms with Gasteiger partial charge in [0.1, 0.15) is 0 Å². The van der Waals surface area contributed by atoms with E-state index in [0.29, 0.717) is 11.1 Å². The largest absolute Gasteiger partial charge is 0.478 e. The molecule has 0 spiro atoms. The van der Waals surface area contributed by atoms with Crippen LogP contribution in [-0.4, -0.2) is 23.0 Å². The first-order chi connectivity index (χ1) is 14.3. The molecule has 0 fully saturated rings. The third kappa shape index (κ3) is 4.01. The molecule has 30 heavy (non-hydrogen) atoms. The van der Waals surface area contributed by atoms with Gasteiger partial charge in [-0.25, -0.2) is 4.79 Å². The number of aromatic carboxylic acids is 1. The Hall–Kier alpha value is -3.34. The van der Waals surface area contributed by atoms with Gasteiger partial charge in [0.25, 0.3) is 5.91 Å². The molecule has 2 aromatic carbocycles. The fraction of sp³-hybridized carbons (Fsp3) is 0.280. The zero-order valence-electron chi connectivity index (χ0n) is 17.2. The standard InChI is InChI=1S/C25H26N2O3/c1-25(2)15-19-14-18(24(29)30)11-12-21(19)27-22(25)16-7-6-8-17(13-16)23(28)26-20-9-4-3-5-10-20/h3-9,11-14,20,22,27H,10,15H2,1-2H3,(H,26,28)(H,29,30). The summed E-state index contributed by atoms with van der Waals surface area (Å²) >= 11 is 0. The molecule has 154 valence electrons. The Kier molecular flexibility index (Phi) is 5.20. The molecule has 0 saturated heterocycles. The van der Waals surface area contributed by atoms with Crippen molar-refractivity contribution < 1.29 is 14.7 Å². The Morgan fingerprint density at radius 2 is 1.93 bits per heavy atom. The Balaban J connectivity index is 1.58. The molecule has 1 amide bonds. The van der Waals surface area contributed by atoms with Crippen LogP contribution in [0.4, 0.5) is 5.69 Å². The molecule has 1 aliphatic carbocycles. The molecule has 5 nitrogen and oxygen atoms in total.